The zero-order valence-corrected chi connectivity index (χ0v) is 12.5. The van der Waals surface area contributed by atoms with Crippen LogP contribution >= 0.6 is 0 Å². The summed E-state index contributed by atoms with van der Waals surface area (Å²) in [6.07, 6.45) is 8.18. The standard InChI is InChI=1S/C15H26N4O/c1-17-11-14(10-16-17)12-19-5-3-2-4-15(19)13-18-6-8-20-9-7-18/h10-11,15H,2-9,12-13H2,1H3. The Hall–Kier alpha value is -0.910. The lowest BCUT2D eigenvalue weighted by Crippen LogP contribution is -2.49. The first kappa shape index (κ1) is 14.0. The Morgan fingerprint density at radius 2 is 2.10 bits per heavy atom. The molecule has 3 rings (SSSR count). The van der Waals surface area contributed by atoms with Crippen LogP contribution in [-0.4, -0.2) is 65.0 Å². The fourth-order valence-corrected chi connectivity index (χ4v) is 3.34. The van der Waals surface area contributed by atoms with Crippen LogP contribution in [0.1, 0.15) is 24.8 Å². The zero-order chi connectivity index (χ0) is 13.8. The molecule has 0 amide bonds. The highest BCUT2D eigenvalue weighted by Gasteiger charge is 2.25. The third kappa shape index (κ3) is 3.59. The van der Waals surface area contributed by atoms with Gasteiger partial charge in [-0.15, -0.1) is 0 Å². The van der Waals surface area contributed by atoms with E-state index in [1.165, 1.54) is 37.9 Å². The van der Waals surface area contributed by atoms with Gasteiger partial charge < -0.3 is 4.74 Å². The lowest BCUT2D eigenvalue weighted by molar-refractivity contribution is 0.0153. The van der Waals surface area contributed by atoms with E-state index in [1.807, 2.05) is 17.9 Å². The minimum Gasteiger partial charge on any atom is -0.379 e. The lowest BCUT2D eigenvalue weighted by atomic mass is 10.0. The second-order valence-electron chi connectivity index (χ2n) is 6.06. The number of piperidine rings is 1. The molecule has 0 spiro atoms. The first-order valence-electron chi connectivity index (χ1n) is 7.83. The summed E-state index contributed by atoms with van der Waals surface area (Å²) >= 11 is 0. The number of hydrogen-bond acceptors (Lipinski definition) is 4. The maximum Gasteiger partial charge on any atom is 0.0594 e. The molecular formula is C15H26N4O. The molecule has 0 radical (unpaired) electrons. The van der Waals surface area contributed by atoms with E-state index in [0.29, 0.717) is 6.04 Å². The van der Waals surface area contributed by atoms with Crippen molar-refractivity contribution in [3.8, 4) is 0 Å². The van der Waals surface area contributed by atoms with E-state index in [2.05, 4.69) is 21.1 Å². The van der Waals surface area contributed by atoms with Crippen LogP contribution in [0, 0.1) is 0 Å². The Bertz CT molecular complexity index is 414. The molecule has 1 aromatic heterocycles. The van der Waals surface area contributed by atoms with Crippen molar-refractivity contribution in [1.29, 1.82) is 0 Å². The van der Waals surface area contributed by atoms with E-state index in [4.69, 9.17) is 4.74 Å². The van der Waals surface area contributed by atoms with Crippen molar-refractivity contribution in [3.05, 3.63) is 18.0 Å². The monoisotopic (exact) mass is 278 g/mol. The molecule has 2 aliphatic rings. The molecule has 112 valence electrons. The normalized spacial score (nSPS) is 25.9. The van der Waals surface area contributed by atoms with Crippen LogP contribution < -0.4 is 0 Å². The van der Waals surface area contributed by atoms with E-state index in [1.54, 1.807) is 0 Å². The molecule has 5 nitrogen and oxygen atoms in total. The quantitative estimate of drug-likeness (QED) is 0.826. The molecule has 2 fully saturated rings. The summed E-state index contributed by atoms with van der Waals surface area (Å²) in [7, 11) is 1.99. The average Bonchev–Trinajstić information content (AvgIpc) is 2.88. The highest BCUT2D eigenvalue weighted by molar-refractivity contribution is 5.04. The van der Waals surface area contributed by atoms with Crippen LogP contribution in [0.5, 0.6) is 0 Å². The minimum atomic E-state index is 0.696. The fraction of sp³-hybridized carbons (Fsp3) is 0.800. The van der Waals surface area contributed by atoms with E-state index in [0.717, 1.165) is 32.8 Å². The Kier molecular flexibility index (Phi) is 4.70. The van der Waals surface area contributed by atoms with E-state index < -0.39 is 0 Å². The van der Waals surface area contributed by atoms with Crippen molar-refractivity contribution in [3.63, 3.8) is 0 Å². The summed E-state index contributed by atoms with van der Waals surface area (Å²) in [5.41, 5.74) is 1.33. The molecule has 1 aromatic rings. The van der Waals surface area contributed by atoms with Crippen LogP contribution in [-0.2, 0) is 18.3 Å². The van der Waals surface area contributed by atoms with Crippen molar-refractivity contribution >= 4 is 0 Å². The summed E-state index contributed by atoms with van der Waals surface area (Å²) < 4.78 is 7.35. The molecule has 5 heteroatoms. The zero-order valence-electron chi connectivity index (χ0n) is 12.5. The van der Waals surface area contributed by atoms with Crippen LogP contribution in [0.4, 0.5) is 0 Å². The Morgan fingerprint density at radius 3 is 2.85 bits per heavy atom. The number of ether oxygens (including phenoxy) is 1. The number of rotatable bonds is 4. The fourth-order valence-electron chi connectivity index (χ4n) is 3.34. The molecule has 20 heavy (non-hydrogen) atoms. The molecule has 0 N–H and O–H groups in total. The van der Waals surface area contributed by atoms with Crippen molar-refractivity contribution < 1.29 is 4.74 Å². The number of aromatic nitrogens is 2. The number of likely N-dealkylation sites (tertiary alicyclic amines) is 1. The predicted molar refractivity (Wildman–Crippen MR) is 78.5 cm³/mol. The SMILES string of the molecule is Cn1cc(CN2CCCCC2CN2CCOCC2)cn1. The van der Waals surface area contributed by atoms with Crippen LogP contribution in [0.25, 0.3) is 0 Å². The Morgan fingerprint density at radius 1 is 1.25 bits per heavy atom. The van der Waals surface area contributed by atoms with Gasteiger partial charge in [0.15, 0.2) is 0 Å². The third-order valence-corrected chi connectivity index (χ3v) is 4.47. The Balaban J connectivity index is 1.58. The average molecular weight is 278 g/mol. The van der Waals surface area contributed by atoms with Crippen LogP contribution in [0.2, 0.25) is 0 Å². The van der Waals surface area contributed by atoms with E-state index in [9.17, 15) is 0 Å². The molecule has 1 unspecified atom stereocenters. The predicted octanol–water partition coefficient (Wildman–Crippen LogP) is 1.11. The second kappa shape index (κ2) is 6.70. The molecule has 1 atom stereocenters. The van der Waals surface area contributed by atoms with Gasteiger partial charge in [0.05, 0.1) is 19.4 Å². The first-order chi connectivity index (χ1) is 9.81. The van der Waals surface area contributed by atoms with Crippen molar-refractivity contribution in [1.82, 2.24) is 19.6 Å². The van der Waals surface area contributed by atoms with E-state index in [-0.39, 0.29) is 0 Å². The van der Waals surface area contributed by atoms with Crippen molar-refractivity contribution in [2.24, 2.45) is 7.05 Å². The molecule has 0 bridgehead atoms. The molecule has 0 aromatic carbocycles. The van der Waals surface area contributed by atoms with Gasteiger partial charge in [0.2, 0.25) is 0 Å². The third-order valence-electron chi connectivity index (χ3n) is 4.47. The van der Waals surface area contributed by atoms with Crippen molar-refractivity contribution in [2.75, 3.05) is 39.4 Å². The topological polar surface area (TPSA) is 33.5 Å². The van der Waals surface area contributed by atoms with Gasteiger partial charge >= 0.3 is 0 Å². The van der Waals surface area contributed by atoms with Gasteiger partial charge in [0.1, 0.15) is 0 Å². The largest absolute Gasteiger partial charge is 0.379 e. The van der Waals surface area contributed by atoms with Crippen LogP contribution in [0.3, 0.4) is 0 Å². The van der Waals surface area contributed by atoms with Gasteiger partial charge in [-0.05, 0) is 19.4 Å². The summed E-state index contributed by atoms with van der Waals surface area (Å²) in [5, 5.41) is 4.29. The van der Waals surface area contributed by atoms with Gasteiger partial charge in [-0.1, -0.05) is 6.42 Å². The smallest absolute Gasteiger partial charge is 0.0594 e. The number of nitrogens with zero attached hydrogens (tertiary/aromatic N) is 4. The molecule has 2 saturated heterocycles. The van der Waals surface area contributed by atoms with E-state index >= 15 is 0 Å². The van der Waals surface area contributed by atoms with Gasteiger partial charge in [0.25, 0.3) is 0 Å². The molecule has 3 heterocycles. The maximum absolute atomic E-state index is 5.45. The second-order valence-corrected chi connectivity index (χ2v) is 6.06. The maximum atomic E-state index is 5.45. The number of morpholine rings is 1. The summed E-state index contributed by atoms with van der Waals surface area (Å²) in [5.74, 6) is 0. The van der Waals surface area contributed by atoms with Gasteiger partial charge in [-0.2, -0.15) is 5.10 Å². The number of hydrogen-bond donors (Lipinski definition) is 0. The van der Waals surface area contributed by atoms with Gasteiger partial charge in [0, 0.05) is 51.0 Å². The van der Waals surface area contributed by atoms with Gasteiger partial charge in [-0.25, -0.2) is 0 Å². The molecule has 2 aliphatic heterocycles. The van der Waals surface area contributed by atoms with Crippen LogP contribution in [0.15, 0.2) is 12.4 Å². The first-order valence-corrected chi connectivity index (χ1v) is 7.83. The summed E-state index contributed by atoms with van der Waals surface area (Å²) in [4.78, 5) is 5.21. The highest BCUT2D eigenvalue weighted by atomic mass is 16.5. The highest BCUT2D eigenvalue weighted by Crippen LogP contribution is 2.20. The minimum absolute atomic E-state index is 0.696. The molecular weight excluding hydrogens is 252 g/mol. The van der Waals surface area contributed by atoms with Crippen molar-refractivity contribution in [2.45, 2.75) is 31.8 Å². The lowest BCUT2D eigenvalue weighted by Gasteiger charge is -2.39. The summed E-state index contributed by atoms with van der Waals surface area (Å²) in [6.45, 7) is 7.45. The summed E-state index contributed by atoms with van der Waals surface area (Å²) in [6, 6.07) is 0.696. The molecule has 0 saturated carbocycles. The Labute approximate surface area is 121 Å². The molecule has 0 aliphatic carbocycles. The van der Waals surface area contributed by atoms with Gasteiger partial charge in [-0.3, -0.25) is 14.5 Å². The number of aryl methyl sites for hydroxylation is 1.